The second kappa shape index (κ2) is 12.0. The van der Waals surface area contributed by atoms with Crippen molar-refractivity contribution in [2.24, 2.45) is 5.92 Å². The molecule has 0 bridgehead atoms. The molecule has 0 radical (unpaired) electrons. The van der Waals surface area contributed by atoms with Gasteiger partial charge >= 0.3 is 5.97 Å². The summed E-state index contributed by atoms with van der Waals surface area (Å²) in [6, 6.07) is 14.4. The Morgan fingerprint density at radius 1 is 1.00 bits per heavy atom. The maximum absolute atomic E-state index is 13.4. The molecular weight excluding hydrogens is 456 g/mol. The molecule has 8 nitrogen and oxygen atoms in total. The molecule has 0 aliphatic carbocycles. The van der Waals surface area contributed by atoms with E-state index in [0.717, 1.165) is 5.56 Å². The highest BCUT2D eigenvalue weighted by Gasteiger charge is 2.33. The van der Waals surface area contributed by atoms with Gasteiger partial charge in [0, 0.05) is 13.1 Å². The molecule has 1 aliphatic heterocycles. The predicted molar refractivity (Wildman–Crippen MR) is 128 cm³/mol. The number of carbonyl (C=O) groups excluding carboxylic acids is 2. The van der Waals surface area contributed by atoms with Gasteiger partial charge in [-0.1, -0.05) is 30.3 Å². The number of nitrogens with zero attached hydrogens (tertiary/aromatic N) is 1. The molecule has 0 aromatic heterocycles. The molecule has 1 atom stereocenters. The van der Waals surface area contributed by atoms with Crippen molar-refractivity contribution in [2.45, 2.75) is 44.0 Å². The third-order valence-corrected chi connectivity index (χ3v) is 7.24. The van der Waals surface area contributed by atoms with Gasteiger partial charge in [-0.3, -0.25) is 9.59 Å². The van der Waals surface area contributed by atoms with Crippen LogP contribution in [-0.2, 0) is 30.8 Å². The van der Waals surface area contributed by atoms with Gasteiger partial charge in [0.25, 0.3) is 0 Å². The van der Waals surface area contributed by atoms with E-state index in [0.29, 0.717) is 44.9 Å². The first kappa shape index (κ1) is 25.7. The summed E-state index contributed by atoms with van der Waals surface area (Å²) in [5.41, 5.74) is 0.844. The maximum Gasteiger partial charge on any atom is 0.309 e. The first-order valence-corrected chi connectivity index (χ1v) is 13.1. The molecule has 1 amide bonds. The zero-order valence-corrected chi connectivity index (χ0v) is 20.4. The summed E-state index contributed by atoms with van der Waals surface area (Å²) in [5.74, 6) is -0.215. The van der Waals surface area contributed by atoms with Crippen molar-refractivity contribution < 1.29 is 27.5 Å². The summed E-state index contributed by atoms with van der Waals surface area (Å²) in [5, 5.41) is 0. The molecule has 0 spiro atoms. The second-order valence-corrected chi connectivity index (χ2v) is 9.83. The van der Waals surface area contributed by atoms with E-state index in [-0.39, 0.29) is 29.1 Å². The van der Waals surface area contributed by atoms with Gasteiger partial charge in [-0.15, -0.1) is 0 Å². The number of sulfonamides is 1. The summed E-state index contributed by atoms with van der Waals surface area (Å²) < 4.78 is 39.3. The molecule has 1 fully saturated rings. The van der Waals surface area contributed by atoms with Crippen molar-refractivity contribution in [3.05, 3.63) is 60.2 Å². The Morgan fingerprint density at radius 2 is 1.65 bits per heavy atom. The van der Waals surface area contributed by atoms with Crippen molar-refractivity contribution >= 4 is 21.9 Å². The maximum atomic E-state index is 13.4. The molecule has 1 unspecified atom stereocenters. The van der Waals surface area contributed by atoms with Gasteiger partial charge in [0.2, 0.25) is 15.9 Å². The fraction of sp³-hybridized carbons (Fsp3) is 0.440. The topological polar surface area (TPSA) is 102 Å². The SMILES string of the molecule is CCOC(=O)C1CCN(C(=O)C(Cc2ccccc2)NS(=O)(=O)c2ccc(OCC)cc2)CC1. The number of likely N-dealkylation sites (tertiary alicyclic amines) is 1. The Bertz CT molecular complexity index is 1050. The molecule has 34 heavy (non-hydrogen) atoms. The highest BCUT2D eigenvalue weighted by atomic mass is 32.2. The number of nitrogens with one attached hydrogen (secondary N) is 1. The van der Waals surface area contributed by atoms with E-state index in [1.54, 1.807) is 24.0 Å². The van der Waals surface area contributed by atoms with Crippen LogP contribution < -0.4 is 9.46 Å². The number of piperidine rings is 1. The van der Waals surface area contributed by atoms with Crippen molar-refractivity contribution in [2.75, 3.05) is 26.3 Å². The third kappa shape index (κ3) is 6.80. The number of hydrogen-bond donors (Lipinski definition) is 1. The molecule has 1 heterocycles. The Hall–Kier alpha value is -2.91. The number of amides is 1. The quantitative estimate of drug-likeness (QED) is 0.516. The van der Waals surface area contributed by atoms with E-state index in [2.05, 4.69) is 4.72 Å². The van der Waals surface area contributed by atoms with Crippen LogP contribution in [0.4, 0.5) is 0 Å². The fourth-order valence-corrected chi connectivity index (χ4v) is 5.17. The van der Waals surface area contributed by atoms with Crippen LogP contribution in [0.5, 0.6) is 5.75 Å². The molecule has 2 aromatic rings. The van der Waals surface area contributed by atoms with Crippen LogP contribution in [0.25, 0.3) is 0 Å². The molecule has 1 aliphatic rings. The van der Waals surface area contributed by atoms with Crippen LogP contribution in [-0.4, -0.2) is 57.5 Å². The van der Waals surface area contributed by atoms with E-state index < -0.39 is 16.1 Å². The summed E-state index contributed by atoms with van der Waals surface area (Å²) in [7, 11) is -3.95. The van der Waals surface area contributed by atoms with Gasteiger partial charge in [0.15, 0.2) is 0 Å². The summed E-state index contributed by atoms with van der Waals surface area (Å²) >= 11 is 0. The molecule has 1 N–H and O–H groups in total. The molecule has 9 heteroatoms. The van der Waals surface area contributed by atoms with E-state index in [1.165, 1.54) is 12.1 Å². The van der Waals surface area contributed by atoms with Crippen molar-refractivity contribution in [1.29, 1.82) is 0 Å². The molecule has 184 valence electrons. The van der Waals surface area contributed by atoms with Gasteiger partial charge < -0.3 is 14.4 Å². The molecular formula is C25H32N2O6S. The van der Waals surface area contributed by atoms with E-state index in [9.17, 15) is 18.0 Å². The molecule has 3 rings (SSSR count). The van der Waals surface area contributed by atoms with E-state index in [4.69, 9.17) is 9.47 Å². The van der Waals surface area contributed by atoms with Crippen LogP contribution in [0.1, 0.15) is 32.3 Å². The Kier molecular flexibility index (Phi) is 9.06. The van der Waals surface area contributed by atoms with Gasteiger partial charge in [0.05, 0.1) is 24.0 Å². The lowest BCUT2D eigenvalue weighted by Crippen LogP contribution is -2.52. The molecule has 1 saturated heterocycles. The number of rotatable bonds is 10. The third-order valence-electron chi connectivity index (χ3n) is 5.75. The number of ether oxygens (including phenoxy) is 2. The average molecular weight is 489 g/mol. The minimum atomic E-state index is -3.95. The van der Waals surface area contributed by atoms with E-state index >= 15 is 0 Å². The Labute approximate surface area is 201 Å². The normalized spacial score (nSPS) is 15.5. The number of esters is 1. The standard InChI is InChI=1S/C25H32N2O6S/c1-3-32-21-10-12-22(13-11-21)34(30,31)26-23(18-19-8-6-5-7-9-19)24(28)27-16-14-20(15-17-27)25(29)33-4-2/h5-13,20,23,26H,3-4,14-18H2,1-2H3. The largest absolute Gasteiger partial charge is 0.494 e. The monoisotopic (exact) mass is 488 g/mol. The molecule has 0 saturated carbocycles. The zero-order valence-electron chi connectivity index (χ0n) is 19.6. The summed E-state index contributed by atoms with van der Waals surface area (Å²) in [4.78, 5) is 27.1. The van der Waals surface area contributed by atoms with E-state index in [1.807, 2.05) is 37.3 Å². The van der Waals surface area contributed by atoms with Gasteiger partial charge in [-0.05, 0) is 62.9 Å². The van der Waals surface area contributed by atoms with Gasteiger partial charge in [-0.2, -0.15) is 4.72 Å². The van der Waals surface area contributed by atoms with Crippen LogP contribution in [0.2, 0.25) is 0 Å². The zero-order chi connectivity index (χ0) is 24.6. The average Bonchev–Trinajstić information content (AvgIpc) is 2.84. The smallest absolute Gasteiger partial charge is 0.309 e. The lowest BCUT2D eigenvalue weighted by atomic mass is 9.96. The van der Waals surface area contributed by atoms with Gasteiger partial charge in [-0.25, -0.2) is 8.42 Å². The lowest BCUT2D eigenvalue weighted by Gasteiger charge is -2.33. The fourth-order valence-electron chi connectivity index (χ4n) is 3.98. The second-order valence-electron chi connectivity index (χ2n) is 8.12. The van der Waals surface area contributed by atoms with Crippen LogP contribution >= 0.6 is 0 Å². The Morgan fingerprint density at radius 3 is 2.24 bits per heavy atom. The van der Waals surface area contributed by atoms with Crippen molar-refractivity contribution in [1.82, 2.24) is 9.62 Å². The van der Waals surface area contributed by atoms with Crippen molar-refractivity contribution in [3.63, 3.8) is 0 Å². The van der Waals surface area contributed by atoms with Crippen LogP contribution in [0.15, 0.2) is 59.5 Å². The van der Waals surface area contributed by atoms with Crippen molar-refractivity contribution in [3.8, 4) is 5.75 Å². The highest BCUT2D eigenvalue weighted by Crippen LogP contribution is 2.21. The van der Waals surface area contributed by atoms with Crippen LogP contribution in [0, 0.1) is 5.92 Å². The minimum absolute atomic E-state index is 0.0582. The lowest BCUT2D eigenvalue weighted by molar-refractivity contribution is -0.151. The van der Waals surface area contributed by atoms with Crippen LogP contribution in [0.3, 0.4) is 0 Å². The highest BCUT2D eigenvalue weighted by molar-refractivity contribution is 7.89. The minimum Gasteiger partial charge on any atom is -0.494 e. The predicted octanol–water partition coefficient (Wildman–Crippen LogP) is 2.78. The number of benzene rings is 2. The Balaban J connectivity index is 1.76. The first-order chi connectivity index (χ1) is 16.3. The molecule has 2 aromatic carbocycles. The summed E-state index contributed by atoms with van der Waals surface area (Å²) in [6.07, 6.45) is 1.20. The summed E-state index contributed by atoms with van der Waals surface area (Å²) in [6.45, 7) is 5.16. The number of hydrogen-bond acceptors (Lipinski definition) is 6. The van der Waals surface area contributed by atoms with Gasteiger partial charge in [0.1, 0.15) is 11.8 Å². The number of carbonyl (C=O) groups is 2. The first-order valence-electron chi connectivity index (χ1n) is 11.6.